The van der Waals surface area contributed by atoms with Gasteiger partial charge in [-0.15, -0.1) is 0 Å². The summed E-state index contributed by atoms with van der Waals surface area (Å²) in [6, 6.07) is 13.9. The molecule has 0 aliphatic heterocycles. The lowest BCUT2D eigenvalue weighted by Crippen LogP contribution is -2.49. The predicted octanol–water partition coefficient (Wildman–Crippen LogP) is 6.52. The number of carbonyl (C=O) groups is 1. The molecular formula is C24H21ClF4N2O2. The summed E-state index contributed by atoms with van der Waals surface area (Å²) < 4.78 is 60.2. The number of rotatable bonds is 7. The highest BCUT2D eigenvalue weighted by Gasteiger charge is 2.41. The number of nitrogens with one attached hydrogen (secondary N) is 1. The van der Waals surface area contributed by atoms with Crippen LogP contribution in [-0.4, -0.2) is 17.7 Å². The Kier molecular flexibility index (Phi) is 7.58. The number of alkyl halides is 3. The van der Waals surface area contributed by atoms with Crippen molar-refractivity contribution >= 4 is 17.7 Å². The van der Waals surface area contributed by atoms with E-state index in [0.717, 1.165) is 12.1 Å². The second-order valence-corrected chi connectivity index (χ2v) is 7.85. The van der Waals surface area contributed by atoms with Gasteiger partial charge in [-0.2, -0.15) is 13.2 Å². The van der Waals surface area contributed by atoms with Crippen LogP contribution in [0.1, 0.15) is 35.7 Å². The second-order valence-electron chi connectivity index (χ2n) is 7.42. The summed E-state index contributed by atoms with van der Waals surface area (Å²) in [5, 5.41) is 2.96. The number of ether oxygens (including phenoxy) is 1. The monoisotopic (exact) mass is 480 g/mol. The molecule has 3 aromatic rings. The standard InChI is InChI=1S/C24H21ClF4N2O2/c1-2-10-33-22(32)31-23(14-16-6-4-3-5-7-16,21-9-8-19(25)15-30-21)17-11-18(24(27,28)29)13-20(26)12-17/h3-9,11-13,15H,2,10,14H2,1H3,(H,31,32)/t23-/m1/s1. The summed E-state index contributed by atoms with van der Waals surface area (Å²) in [7, 11) is 0. The quantitative estimate of drug-likeness (QED) is 0.392. The van der Waals surface area contributed by atoms with Crippen molar-refractivity contribution in [3.63, 3.8) is 0 Å². The molecule has 1 aromatic heterocycles. The second kappa shape index (κ2) is 10.2. The first-order chi connectivity index (χ1) is 15.6. The van der Waals surface area contributed by atoms with Crippen LogP contribution in [-0.2, 0) is 22.9 Å². The van der Waals surface area contributed by atoms with Crippen molar-refractivity contribution in [3.05, 3.63) is 100 Å². The van der Waals surface area contributed by atoms with E-state index in [1.807, 2.05) is 0 Å². The molecule has 2 aromatic carbocycles. The van der Waals surface area contributed by atoms with Gasteiger partial charge in [-0.1, -0.05) is 48.9 Å². The van der Waals surface area contributed by atoms with Gasteiger partial charge in [-0.05, 0) is 47.9 Å². The van der Waals surface area contributed by atoms with Crippen LogP contribution in [0.15, 0.2) is 66.9 Å². The maximum atomic E-state index is 14.5. The number of aromatic nitrogens is 1. The van der Waals surface area contributed by atoms with Crippen molar-refractivity contribution in [2.45, 2.75) is 31.5 Å². The van der Waals surface area contributed by atoms with E-state index in [1.165, 1.54) is 18.3 Å². The molecule has 0 aliphatic carbocycles. The van der Waals surface area contributed by atoms with Gasteiger partial charge in [0.25, 0.3) is 0 Å². The average Bonchev–Trinajstić information content (AvgIpc) is 2.77. The van der Waals surface area contributed by atoms with E-state index in [2.05, 4.69) is 10.3 Å². The molecule has 0 bridgehead atoms. The number of pyridine rings is 1. The molecule has 0 saturated carbocycles. The van der Waals surface area contributed by atoms with Gasteiger partial charge in [-0.3, -0.25) is 4.98 Å². The minimum absolute atomic E-state index is 0.0234. The Bertz CT molecular complexity index is 1090. The number of alkyl carbamates (subject to hydrolysis) is 1. The number of hydrogen-bond acceptors (Lipinski definition) is 3. The summed E-state index contributed by atoms with van der Waals surface area (Å²) in [6.07, 6.45) is -3.85. The Hall–Kier alpha value is -3.13. The van der Waals surface area contributed by atoms with Crippen molar-refractivity contribution in [2.75, 3.05) is 6.61 Å². The third-order valence-electron chi connectivity index (χ3n) is 4.95. The lowest BCUT2D eigenvalue weighted by molar-refractivity contribution is -0.137. The number of nitrogens with zero attached hydrogens (tertiary/aromatic N) is 1. The molecule has 4 nitrogen and oxygen atoms in total. The van der Waals surface area contributed by atoms with E-state index in [-0.39, 0.29) is 29.3 Å². The topological polar surface area (TPSA) is 51.2 Å². The van der Waals surface area contributed by atoms with Gasteiger partial charge >= 0.3 is 12.3 Å². The summed E-state index contributed by atoms with van der Waals surface area (Å²) in [4.78, 5) is 17.0. The van der Waals surface area contributed by atoms with Gasteiger partial charge in [0.15, 0.2) is 0 Å². The normalized spacial score (nSPS) is 13.3. The number of benzene rings is 2. The first-order valence-corrected chi connectivity index (χ1v) is 10.5. The third kappa shape index (κ3) is 6.01. The van der Waals surface area contributed by atoms with Crippen LogP contribution in [0.4, 0.5) is 22.4 Å². The van der Waals surface area contributed by atoms with Crippen molar-refractivity contribution in [3.8, 4) is 0 Å². The average molecular weight is 481 g/mol. The molecule has 0 radical (unpaired) electrons. The number of hydrogen-bond donors (Lipinski definition) is 1. The van der Waals surface area contributed by atoms with E-state index < -0.39 is 29.2 Å². The zero-order valence-electron chi connectivity index (χ0n) is 17.6. The summed E-state index contributed by atoms with van der Waals surface area (Å²) in [5.74, 6) is -1.10. The Morgan fingerprint density at radius 3 is 2.36 bits per heavy atom. The number of amides is 1. The SMILES string of the molecule is CCCOC(=O)N[C@](Cc1ccccc1)(c1cc(F)cc(C(F)(F)F)c1)c1ccc(Cl)cn1. The van der Waals surface area contributed by atoms with Crippen molar-refractivity contribution in [2.24, 2.45) is 0 Å². The van der Waals surface area contributed by atoms with Gasteiger partial charge < -0.3 is 10.1 Å². The Balaban J connectivity index is 2.27. The van der Waals surface area contributed by atoms with Crippen LogP contribution in [0.25, 0.3) is 0 Å². The highest BCUT2D eigenvalue weighted by Crippen LogP contribution is 2.38. The first-order valence-electron chi connectivity index (χ1n) is 10.1. The summed E-state index contributed by atoms with van der Waals surface area (Å²) in [5.41, 5.74) is -2.17. The molecule has 9 heteroatoms. The molecule has 1 atom stereocenters. The Morgan fingerprint density at radius 1 is 1.06 bits per heavy atom. The fraction of sp³-hybridized carbons (Fsp3) is 0.250. The number of carbonyl (C=O) groups excluding carboxylic acids is 1. The maximum Gasteiger partial charge on any atom is 0.416 e. The largest absolute Gasteiger partial charge is 0.450 e. The fourth-order valence-electron chi connectivity index (χ4n) is 3.46. The Labute approximate surface area is 193 Å². The zero-order chi connectivity index (χ0) is 24.1. The molecule has 1 N–H and O–H groups in total. The van der Waals surface area contributed by atoms with E-state index in [9.17, 15) is 22.4 Å². The van der Waals surface area contributed by atoms with Crippen LogP contribution in [0.2, 0.25) is 5.02 Å². The van der Waals surface area contributed by atoms with Crippen LogP contribution < -0.4 is 5.32 Å². The highest BCUT2D eigenvalue weighted by atomic mass is 35.5. The van der Waals surface area contributed by atoms with E-state index in [1.54, 1.807) is 37.3 Å². The molecule has 0 saturated heterocycles. The lowest BCUT2D eigenvalue weighted by atomic mass is 9.80. The van der Waals surface area contributed by atoms with Gasteiger partial charge in [0, 0.05) is 12.6 Å². The predicted molar refractivity (Wildman–Crippen MR) is 116 cm³/mol. The summed E-state index contributed by atoms with van der Waals surface area (Å²) >= 11 is 5.97. The molecule has 0 fully saturated rings. The van der Waals surface area contributed by atoms with Crippen LogP contribution in [0, 0.1) is 5.82 Å². The molecule has 0 aliphatic rings. The first kappa shape index (κ1) is 24.5. The fourth-order valence-corrected chi connectivity index (χ4v) is 3.57. The molecule has 33 heavy (non-hydrogen) atoms. The van der Waals surface area contributed by atoms with Gasteiger partial charge in [0.2, 0.25) is 0 Å². The molecular weight excluding hydrogens is 460 g/mol. The smallest absolute Gasteiger partial charge is 0.416 e. The summed E-state index contributed by atoms with van der Waals surface area (Å²) in [6.45, 7) is 1.89. The van der Waals surface area contributed by atoms with E-state index >= 15 is 0 Å². The van der Waals surface area contributed by atoms with Gasteiger partial charge in [0.05, 0.1) is 22.9 Å². The molecule has 1 amide bonds. The van der Waals surface area contributed by atoms with Crippen LogP contribution >= 0.6 is 11.6 Å². The van der Waals surface area contributed by atoms with Crippen LogP contribution in [0.5, 0.6) is 0 Å². The van der Waals surface area contributed by atoms with Crippen molar-refractivity contribution in [1.82, 2.24) is 10.3 Å². The lowest BCUT2D eigenvalue weighted by Gasteiger charge is -2.35. The minimum atomic E-state index is -4.80. The minimum Gasteiger partial charge on any atom is -0.450 e. The zero-order valence-corrected chi connectivity index (χ0v) is 18.4. The molecule has 174 valence electrons. The Morgan fingerprint density at radius 2 is 1.76 bits per heavy atom. The van der Waals surface area contributed by atoms with Crippen molar-refractivity contribution < 1.29 is 27.1 Å². The number of halogens is 5. The van der Waals surface area contributed by atoms with E-state index in [4.69, 9.17) is 16.3 Å². The molecule has 1 heterocycles. The maximum absolute atomic E-state index is 14.5. The molecule has 0 spiro atoms. The highest BCUT2D eigenvalue weighted by molar-refractivity contribution is 6.30. The van der Waals surface area contributed by atoms with Gasteiger partial charge in [-0.25, -0.2) is 9.18 Å². The van der Waals surface area contributed by atoms with Crippen LogP contribution in [0.3, 0.4) is 0 Å². The van der Waals surface area contributed by atoms with Gasteiger partial charge in [0.1, 0.15) is 11.4 Å². The molecule has 0 unspecified atom stereocenters. The third-order valence-corrected chi connectivity index (χ3v) is 5.17. The van der Waals surface area contributed by atoms with E-state index in [0.29, 0.717) is 18.1 Å². The van der Waals surface area contributed by atoms with Crippen molar-refractivity contribution in [1.29, 1.82) is 0 Å². The molecule has 3 rings (SSSR count).